The van der Waals surface area contributed by atoms with Crippen LogP contribution in [0.5, 0.6) is 46.0 Å². The maximum Gasteiger partial charge on any atom is 0.339 e. The van der Waals surface area contributed by atoms with Crippen molar-refractivity contribution in [1.29, 1.82) is 0 Å². The van der Waals surface area contributed by atoms with Gasteiger partial charge in [-0.25, -0.2) is 22.4 Å². The Hall–Kier alpha value is -5.86. The van der Waals surface area contributed by atoms with Crippen molar-refractivity contribution in [3.05, 3.63) is 94.6 Å². The fraction of sp³-hybridized carbons (Fsp3) is 0.133. The van der Waals surface area contributed by atoms with Gasteiger partial charge < -0.3 is 44.5 Å². The van der Waals surface area contributed by atoms with Crippen LogP contribution >= 0.6 is 0 Å². The molecule has 0 spiro atoms. The summed E-state index contributed by atoms with van der Waals surface area (Å²) >= 11 is 0. The molecule has 0 bridgehead atoms. The van der Waals surface area contributed by atoms with E-state index in [0.29, 0.717) is 30.0 Å². The molecule has 240 valence electrons. The van der Waals surface area contributed by atoms with Crippen molar-refractivity contribution in [2.45, 2.75) is 0 Å². The molecule has 45 heavy (non-hydrogen) atoms. The summed E-state index contributed by atoms with van der Waals surface area (Å²) in [7, 11) is 5.53. The lowest BCUT2D eigenvalue weighted by atomic mass is 10.0. The van der Waals surface area contributed by atoms with Crippen LogP contribution in [-0.2, 0) is 0 Å². The minimum atomic E-state index is -1.25. The molecule has 0 aromatic heterocycles. The number of carboxylic acid groups (broad SMARTS) is 1. The monoisotopic (exact) mass is 638 g/mol. The van der Waals surface area contributed by atoms with Gasteiger partial charge in [-0.15, -0.1) is 0 Å². The van der Waals surface area contributed by atoms with E-state index in [-0.39, 0.29) is 28.6 Å². The van der Waals surface area contributed by atoms with Crippen LogP contribution in [-0.4, -0.2) is 65.7 Å². The van der Waals surface area contributed by atoms with E-state index in [1.165, 1.54) is 52.7 Å². The van der Waals surface area contributed by atoms with Gasteiger partial charge in [-0.1, -0.05) is 0 Å². The Morgan fingerprint density at radius 3 is 1.38 bits per heavy atom. The summed E-state index contributed by atoms with van der Waals surface area (Å²) in [5, 5.41) is 45.7. The van der Waals surface area contributed by atoms with Gasteiger partial charge in [0.25, 0.3) is 0 Å². The van der Waals surface area contributed by atoms with Crippen LogP contribution < -0.4 is 18.9 Å². The molecular formula is C30H26F4O11. The number of ether oxygens (including phenoxy) is 4. The lowest BCUT2D eigenvalue weighted by Gasteiger charge is -2.08. The zero-order chi connectivity index (χ0) is 34.0. The molecule has 0 aliphatic rings. The second-order valence-electron chi connectivity index (χ2n) is 8.46. The third kappa shape index (κ3) is 8.82. The number of ketones is 1. The molecular weight excluding hydrogens is 612 g/mol. The summed E-state index contributed by atoms with van der Waals surface area (Å²) in [6.45, 7) is 0. The number of aromatic hydroxyl groups is 4. The van der Waals surface area contributed by atoms with Crippen molar-refractivity contribution in [2.24, 2.45) is 0 Å². The van der Waals surface area contributed by atoms with Gasteiger partial charge in [-0.3, -0.25) is 4.79 Å². The van der Waals surface area contributed by atoms with E-state index >= 15 is 0 Å². The molecule has 15 heteroatoms. The van der Waals surface area contributed by atoms with E-state index in [0.717, 1.165) is 6.07 Å². The second kappa shape index (κ2) is 15.6. The summed E-state index contributed by atoms with van der Waals surface area (Å²) < 4.78 is 71.2. The molecule has 0 heterocycles. The zero-order valence-electron chi connectivity index (χ0n) is 23.9. The molecule has 0 amide bonds. The Balaban J connectivity index is 0.000000248. The van der Waals surface area contributed by atoms with E-state index in [2.05, 4.69) is 4.74 Å². The number of carbonyl (C=O) groups is 2. The molecule has 0 fully saturated rings. The number of benzene rings is 4. The highest BCUT2D eigenvalue weighted by Crippen LogP contribution is 2.33. The molecule has 0 atom stereocenters. The number of methoxy groups -OCH3 is 4. The predicted molar refractivity (Wildman–Crippen MR) is 149 cm³/mol. The number of rotatable bonds is 7. The third-order valence-corrected chi connectivity index (χ3v) is 5.68. The van der Waals surface area contributed by atoms with Crippen LogP contribution in [0.2, 0.25) is 0 Å². The van der Waals surface area contributed by atoms with E-state index in [4.69, 9.17) is 29.5 Å². The van der Waals surface area contributed by atoms with Crippen LogP contribution in [0.25, 0.3) is 0 Å². The van der Waals surface area contributed by atoms with Crippen molar-refractivity contribution >= 4 is 11.8 Å². The normalized spacial score (nSPS) is 9.96. The van der Waals surface area contributed by atoms with Gasteiger partial charge in [-0.05, 0) is 30.3 Å². The molecule has 11 nitrogen and oxygen atoms in total. The quantitative estimate of drug-likeness (QED) is 0.130. The molecule has 4 aromatic rings. The third-order valence-electron chi connectivity index (χ3n) is 5.68. The highest BCUT2D eigenvalue weighted by atomic mass is 19.1. The van der Waals surface area contributed by atoms with Gasteiger partial charge in [0.15, 0.2) is 46.3 Å². The van der Waals surface area contributed by atoms with Gasteiger partial charge in [0, 0.05) is 24.3 Å². The number of carboxylic acids is 1. The minimum absolute atomic E-state index is 0.0492. The summed E-state index contributed by atoms with van der Waals surface area (Å²) in [4.78, 5) is 22.6. The Morgan fingerprint density at radius 1 is 0.511 bits per heavy atom. The number of halogens is 4. The number of hydrogen-bond acceptors (Lipinski definition) is 10. The van der Waals surface area contributed by atoms with Gasteiger partial charge in [0.05, 0.1) is 39.6 Å². The number of aromatic carboxylic acids is 1. The summed E-state index contributed by atoms with van der Waals surface area (Å²) in [6, 6.07) is 8.71. The van der Waals surface area contributed by atoms with Gasteiger partial charge >= 0.3 is 5.97 Å². The molecule has 0 unspecified atom stereocenters. The van der Waals surface area contributed by atoms with Crippen LogP contribution in [0.4, 0.5) is 17.6 Å². The van der Waals surface area contributed by atoms with Gasteiger partial charge in [0.1, 0.15) is 28.6 Å². The van der Waals surface area contributed by atoms with Crippen molar-refractivity contribution < 1.29 is 71.6 Å². The molecule has 0 saturated carbocycles. The standard InChI is InChI=1S/C13H8F2O5.C9H9FO4.C8H9FO2/c14-7-1-5(9(16)3-11(7)18)13(20)6-2-8(15)12(19)4-10(6)17;1-13-7-4-8(14-2)6(10)3-5(7)9(11)12;1-10-6-3-4-7(9)8(5-6)11-2/h1-4,16-19H;3-4H,1-2H3,(H,11,12);3-5H,1-2H3. The van der Waals surface area contributed by atoms with Crippen LogP contribution in [0.3, 0.4) is 0 Å². The summed E-state index contributed by atoms with van der Waals surface area (Å²) in [5.41, 5.74) is -1.37. The fourth-order valence-corrected chi connectivity index (χ4v) is 3.40. The first-order valence-corrected chi connectivity index (χ1v) is 12.2. The van der Waals surface area contributed by atoms with Gasteiger partial charge in [-0.2, -0.15) is 0 Å². The Morgan fingerprint density at radius 2 is 0.956 bits per heavy atom. The topological polar surface area (TPSA) is 172 Å². The lowest BCUT2D eigenvalue weighted by Crippen LogP contribution is -2.03. The SMILES string of the molecule is COc1cc(OC)c(C(=O)O)cc1F.COc1ccc(F)c(OC)c1.O=C(c1cc(F)c(O)cc1O)c1cc(F)c(O)cc1O. The molecule has 4 aromatic carbocycles. The average molecular weight is 639 g/mol. The average Bonchev–Trinajstić information content (AvgIpc) is 3.01. The van der Waals surface area contributed by atoms with E-state index in [1.54, 1.807) is 0 Å². The number of phenolic OH excluding ortho intramolecular Hbond substituents is 4. The van der Waals surface area contributed by atoms with E-state index in [9.17, 15) is 37.4 Å². The maximum absolute atomic E-state index is 13.2. The summed E-state index contributed by atoms with van der Waals surface area (Å²) in [6.07, 6.45) is 0. The van der Waals surface area contributed by atoms with Crippen molar-refractivity contribution in [1.82, 2.24) is 0 Å². The lowest BCUT2D eigenvalue weighted by molar-refractivity contribution is 0.0692. The van der Waals surface area contributed by atoms with Crippen molar-refractivity contribution in [3.63, 3.8) is 0 Å². The highest BCUT2D eigenvalue weighted by Gasteiger charge is 2.22. The van der Waals surface area contributed by atoms with Crippen molar-refractivity contribution in [2.75, 3.05) is 28.4 Å². The first-order chi connectivity index (χ1) is 21.2. The summed E-state index contributed by atoms with van der Waals surface area (Å²) in [5.74, 6) is -8.14. The maximum atomic E-state index is 13.2. The van der Waals surface area contributed by atoms with Crippen molar-refractivity contribution in [3.8, 4) is 46.0 Å². The smallest absolute Gasteiger partial charge is 0.339 e. The molecule has 0 saturated heterocycles. The predicted octanol–water partition coefficient (Wildman–Crippen LogP) is 5.40. The Labute approximate surface area is 252 Å². The number of carbonyl (C=O) groups excluding carboxylic acids is 1. The fourth-order valence-electron chi connectivity index (χ4n) is 3.40. The molecule has 0 radical (unpaired) electrons. The first kappa shape index (κ1) is 35.3. The van der Waals surface area contributed by atoms with E-state index in [1.807, 2.05) is 0 Å². The number of hydrogen-bond donors (Lipinski definition) is 5. The van der Waals surface area contributed by atoms with Crippen LogP contribution in [0.1, 0.15) is 26.3 Å². The Bertz CT molecular complexity index is 1630. The largest absolute Gasteiger partial charge is 0.507 e. The molecule has 0 aliphatic carbocycles. The second-order valence-corrected chi connectivity index (χ2v) is 8.46. The highest BCUT2D eigenvalue weighted by molar-refractivity contribution is 6.12. The van der Waals surface area contributed by atoms with Crippen LogP contribution in [0, 0.1) is 23.3 Å². The molecule has 4 rings (SSSR count). The number of phenols is 4. The van der Waals surface area contributed by atoms with E-state index < -0.39 is 63.3 Å². The first-order valence-electron chi connectivity index (χ1n) is 12.2. The van der Waals surface area contributed by atoms with Gasteiger partial charge in [0.2, 0.25) is 5.78 Å². The molecule has 5 N–H and O–H groups in total. The molecule has 0 aliphatic heterocycles. The Kier molecular flexibility index (Phi) is 12.2. The zero-order valence-corrected chi connectivity index (χ0v) is 23.9. The minimum Gasteiger partial charge on any atom is -0.507 e. The van der Waals surface area contributed by atoms with Crippen LogP contribution in [0.15, 0.2) is 54.6 Å².